The van der Waals surface area contributed by atoms with Crippen molar-refractivity contribution in [2.24, 2.45) is 0 Å². The quantitative estimate of drug-likeness (QED) is 0.518. The predicted molar refractivity (Wildman–Crippen MR) is 48.5 cm³/mol. The van der Waals surface area contributed by atoms with Crippen molar-refractivity contribution >= 4 is 5.97 Å². The largest absolute Gasteiger partial charge is 0.464 e. The highest BCUT2D eigenvalue weighted by atomic mass is 16.5. The molecule has 70 valence electrons. The Labute approximate surface area is 76.8 Å². The summed E-state index contributed by atoms with van der Waals surface area (Å²) in [6.45, 7) is 6.00. The molecule has 0 fully saturated rings. The van der Waals surface area contributed by atoms with Gasteiger partial charge in [-0.3, -0.25) is 0 Å². The Morgan fingerprint density at radius 1 is 1.85 bits per heavy atom. The number of hydrogen-bond acceptors (Lipinski definition) is 3. The van der Waals surface area contributed by atoms with Crippen LogP contribution >= 0.6 is 0 Å². The molecule has 0 atom stereocenters. The molecule has 0 saturated heterocycles. The van der Waals surface area contributed by atoms with E-state index in [1.54, 1.807) is 10.6 Å². The molecule has 1 aromatic heterocycles. The van der Waals surface area contributed by atoms with Gasteiger partial charge in [-0.05, 0) is 6.92 Å². The number of esters is 1. The number of aromatic nitrogens is 2. The minimum atomic E-state index is -0.373. The minimum absolute atomic E-state index is 0.373. The number of ether oxygens (including phenoxy) is 1. The van der Waals surface area contributed by atoms with Gasteiger partial charge in [0.1, 0.15) is 11.5 Å². The first-order chi connectivity index (χ1) is 6.20. The summed E-state index contributed by atoms with van der Waals surface area (Å²) in [4.78, 5) is 15.2. The molecule has 0 aromatic carbocycles. The Morgan fingerprint density at radius 2 is 2.54 bits per heavy atom. The fourth-order valence-electron chi connectivity index (χ4n) is 1.10. The average molecular weight is 180 g/mol. The highest BCUT2D eigenvalue weighted by molar-refractivity contribution is 5.87. The van der Waals surface area contributed by atoms with Gasteiger partial charge in [-0.2, -0.15) is 0 Å². The Kier molecular flexibility index (Phi) is 2.84. The third-order valence-electron chi connectivity index (χ3n) is 1.76. The molecule has 4 nitrogen and oxygen atoms in total. The lowest BCUT2D eigenvalue weighted by Gasteiger charge is -2.04. The van der Waals surface area contributed by atoms with Crippen LogP contribution in [-0.2, 0) is 11.3 Å². The van der Waals surface area contributed by atoms with Gasteiger partial charge in [0.05, 0.1) is 13.3 Å². The number of imidazole rings is 1. The first kappa shape index (κ1) is 9.51. The average Bonchev–Trinajstić information content (AvgIpc) is 2.48. The van der Waals surface area contributed by atoms with E-state index < -0.39 is 0 Å². The maximum atomic E-state index is 11.2. The molecule has 0 radical (unpaired) electrons. The second kappa shape index (κ2) is 3.89. The van der Waals surface area contributed by atoms with Crippen LogP contribution in [0.15, 0.2) is 18.9 Å². The molecule has 0 bridgehead atoms. The molecule has 0 unspecified atom stereocenters. The van der Waals surface area contributed by atoms with Gasteiger partial charge in [-0.25, -0.2) is 9.78 Å². The molecule has 0 N–H and O–H groups in total. The summed E-state index contributed by atoms with van der Waals surface area (Å²) >= 11 is 0. The fourth-order valence-corrected chi connectivity index (χ4v) is 1.10. The Hall–Kier alpha value is -1.58. The molecule has 4 heteroatoms. The van der Waals surface area contributed by atoms with Gasteiger partial charge in [0.15, 0.2) is 0 Å². The summed E-state index contributed by atoms with van der Waals surface area (Å²) in [5, 5.41) is 0. The number of methoxy groups -OCH3 is 1. The van der Waals surface area contributed by atoms with Crippen molar-refractivity contribution in [3.63, 3.8) is 0 Å². The van der Waals surface area contributed by atoms with E-state index >= 15 is 0 Å². The highest BCUT2D eigenvalue weighted by Gasteiger charge is 2.13. The van der Waals surface area contributed by atoms with E-state index in [0.717, 1.165) is 5.82 Å². The normalized spacial score (nSPS) is 9.69. The predicted octanol–water partition coefficient (Wildman–Crippen LogP) is 1.16. The van der Waals surface area contributed by atoms with Crippen LogP contribution in [0.25, 0.3) is 0 Å². The second-order valence-corrected chi connectivity index (χ2v) is 2.58. The van der Waals surface area contributed by atoms with E-state index in [2.05, 4.69) is 16.3 Å². The van der Waals surface area contributed by atoms with Gasteiger partial charge < -0.3 is 9.30 Å². The molecule has 0 amide bonds. The van der Waals surface area contributed by atoms with Crippen molar-refractivity contribution in [1.29, 1.82) is 0 Å². The topological polar surface area (TPSA) is 44.1 Å². The zero-order valence-electron chi connectivity index (χ0n) is 7.78. The number of allylic oxidation sites excluding steroid dienone is 1. The third kappa shape index (κ3) is 1.77. The van der Waals surface area contributed by atoms with Crippen LogP contribution in [0.2, 0.25) is 0 Å². The number of rotatable bonds is 3. The summed E-state index contributed by atoms with van der Waals surface area (Å²) < 4.78 is 6.35. The zero-order chi connectivity index (χ0) is 9.84. The van der Waals surface area contributed by atoms with Crippen molar-refractivity contribution in [3.8, 4) is 0 Å². The van der Waals surface area contributed by atoms with E-state index in [9.17, 15) is 4.79 Å². The number of carbonyl (C=O) groups excluding carboxylic acids is 1. The molecular weight excluding hydrogens is 168 g/mol. The summed E-state index contributed by atoms with van der Waals surface area (Å²) in [6, 6.07) is 0. The molecule has 0 aliphatic rings. The van der Waals surface area contributed by atoms with Crippen LogP contribution in [0.4, 0.5) is 0 Å². The number of hydrogen-bond donors (Lipinski definition) is 0. The molecule has 0 saturated carbocycles. The molecule has 0 aliphatic carbocycles. The summed E-state index contributed by atoms with van der Waals surface area (Å²) in [5.41, 5.74) is 0.458. The summed E-state index contributed by atoms with van der Waals surface area (Å²) in [5.74, 6) is 0.405. The third-order valence-corrected chi connectivity index (χ3v) is 1.76. The van der Waals surface area contributed by atoms with Gasteiger partial charge in [0.25, 0.3) is 0 Å². The second-order valence-electron chi connectivity index (χ2n) is 2.58. The Bertz CT molecular complexity index is 328. The standard InChI is InChI=1S/C9H12N2O2/c1-4-5-11-7(2)10-6-8(11)9(12)13-3/h4,6H,1,5H2,2-3H3. The van der Waals surface area contributed by atoms with Crippen molar-refractivity contribution in [2.45, 2.75) is 13.5 Å². The van der Waals surface area contributed by atoms with Gasteiger partial charge in [0, 0.05) is 6.54 Å². The van der Waals surface area contributed by atoms with E-state index in [-0.39, 0.29) is 5.97 Å². The van der Waals surface area contributed by atoms with Crippen LogP contribution in [0.5, 0.6) is 0 Å². The van der Waals surface area contributed by atoms with Gasteiger partial charge in [-0.1, -0.05) is 6.08 Å². The van der Waals surface area contributed by atoms with Crippen LogP contribution < -0.4 is 0 Å². The van der Waals surface area contributed by atoms with Crippen LogP contribution in [0.1, 0.15) is 16.3 Å². The van der Waals surface area contributed by atoms with E-state index in [4.69, 9.17) is 0 Å². The summed E-state index contributed by atoms with van der Waals surface area (Å²) in [7, 11) is 1.35. The zero-order valence-corrected chi connectivity index (χ0v) is 7.78. The molecule has 1 heterocycles. The molecule has 0 aliphatic heterocycles. The SMILES string of the molecule is C=CCn1c(C(=O)OC)cnc1C. The van der Waals surface area contributed by atoms with Crippen LogP contribution in [-0.4, -0.2) is 22.6 Å². The molecule has 13 heavy (non-hydrogen) atoms. The smallest absolute Gasteiger partial charge is 0.356 e. The first-order valence-electron chi connectivity index (χ1n) is 3.92. The van der Waals surface area contributed by atoms with Gasteiger partial charge in [-0.15, -0.1) is 6.58 Å². The number of nitrogens with zero attached hydrogens (tertiary/aromatic N) is 2. The Balaban J connectivity index is 3.06. The molecule has 0 spiro atoms. The minimum Gasteiger partial charge on any atom is -0.464 e. The lowest BCUT2D eigenvalue weighted by Crippen LogP contribution is -2.10. The van der Waals surface area contributed by atoms with Crippen molar-refractivity contribution in [1.82, 2.24) is 9.55 Å². The monoisotopic (exact) mass is 180 g/mol. The molecule has 1 aromatic rings. The van der Waals surface area contributed by atoms with Crippen LogP contribution in [0, 0.1) is 6.92 Å². The first-order valence-corrected chi connectivity index (χ1v) is 3.92. The number of aryl methyl sites for hydroxylation is 1. The van der Waals surface area contributed by atoms with Gasteiger partial charge in [0.2, 0.25) is 0 Å². The van der Waals surface area contributed by atoms with Crippen LogP contribution in [0.3, 0.4) is 0 Å². The van der Waals surface area contributed by atoms with Crippen molar-refractivity contribution < 1.29 is 9.53 Å². The maximum Gasteiger partial charge on any atom is 0.356 e. The molecular formula is C9H12N2O2. The summed E-state index contributed by atoms with van der Waals surface area (Å²) in [6.07, 6.45) is 3.21. The highest BCUT2D eigenvalue weighted by Crippen LogP contribution is 2.05. The maximum absolute atomic E-state index is 11.2. The van der Waals surface area contributed by atoms with E-state index in [0.29, 0.717) is 12.2 Å². The van der Waals surface area contributed by atoms with Gasteiger partial charge >= 0.3 is 5.97 Å². The number of carbonyl (C=O) groups is 1. The lowest BCUT2D eigenvalue weighted by molar-refractivity contribution is 0.0589. The lowest BCUT2D eigenvalue weighted by atomic mass is 10.4. The van der Waals surface area contributed by atoms with Crippen molar-refractivity contribution in [3.05, 3.63) is 30.4 Å². The van der Waals surface area contributed by atoms with E-state index in [1.807, 2.05) is 6.92 Å². The van der Waals surface area contributed by atoms with E-state index in [1.165, 1.54) is 13.3 Å². The van der Waals surface area contributed by atoms with Crippen molar-refractivity contribution in [2.75, 3.05) is 7.11 Å². The fraction of sp³-hybridized carbons (Fsp3) is 0.333. The molecule has 1 rings (SSSR count). The Morgan fingerprint density at radius 3 is 3.08 bits per heavy atom.